The molecule has 4 nitrogen and oxygen atoms in total. The molecule has 4 rings (SSSR count). The van der Waals surface area contributed by atoms with Crippen LogP contribution >= 0.6 is 0 Å². The van der Waals surface area contributed by atoms with Gasteiger partial charge in [0.1, 0.15) is 0 Å². The first-order chi connectivity index (χ1) is 12.0. The summed E-state index contributed by atoms with van der Waals surface area (Å²) in [5.41, 5.74) is 11.6. The van der Waals surface area contributed by atoms with Crippen molar-refractivity contribution < 1.29 is 4.79 Å². The molecule has 1 heterocycles. The fourth-order valence-corrected chi connectivity index (χ4v) is 4.51. The molecule has 1 amide bonds. The monoisotopic (exact) mass is 335 g/mol. The van der Waals surface area contributed by atoms with Crippen LogP contribution in [0, 0.1) is 18.8 Å². The van der Waals surface area contributed by atoms with Crippen LogP contribution in [0.1, 0.15) is 42.2 Å². The minimum absolute atomic E-state index is 0.393. The van der Waals surface area contributed by atoms with Crippen molar-refractivity contribution in [2.75, 3.05) is 5.32 Å². The molecule has 3 unspecified atom stereocenters. The number of para-hydroxylation sites is 1. The summed E-state index contributed by atoms with van der Waals surface area (Å²) in [6.07, 6.45) is 6.05. The largest absolute Gasteiger partial charge is 0.381 e. The van der Waals surface area contributed by atoms with Crippen LogP contribution < -0.4 is 11.1 Å². The summed E-state index contributed by atoms with van der Waals surface area (Å²) in [5.74, 6) is 0.932. The van der Waals surface area contributed by atoms with Crippen LogP contribution in [-0.2, 0) is 0 Å². The molecule has 1 aromatic carbocycles. The number of anilines is 1. The number of carbonyl (C=O) groups is 1. The fourth-order valence-electron chi connectivity index (χ4n) is 4.51. The summed E-state index contributed by atoms with van der Waals surface area (Å²) in [5, 5.41) is 3.81. The number of carbonyl (C=O) groups excluding carboxylic acids is 1. The number of H-pyrrole nitrogens is 1. The molecule has 2 aliphatic rings. The molecule has 1 fully saturated rings. The van der Waals surface area contributed by atoms with E-state index in [1.807, 2.05) is 19.1 Å². The molecule has 0 saturated heterocycles. The number of allylic oxidation sites excluding steroid dienone is 2. The molecule has 2 bridgehead atoms. The molecule has 0 aliphatic heterocycles. The van der Waals surface area contributed by atoms with Crippen LogP contribution in [0.5, 0.6) is 0 Å². The molecule has 1 aromatic heterocycles. The van der Waals surface area contributed by atoms with Crippen LogP contribution in [0.15, 0.2) is 42.0 Å². The Labute approximate surface area is 148 Å². The number of aromatic nitrogens is 1. The molecule has 2 aromatic rings. The number of aromatic amines is 1. The highest BCUT2D eigenvalue weighted by atomic mass is 16.1. The third-order valence-corrected chi connectivity index (χ3v) is 5.76. The van der Waals surface area contributed by atoms with Crippen LogP contribution in [0.2, 0.25) is 0 Å². The van der Waals surface area contributed by atoms with Gasteiger partial charge in [-0.05, 0) is 50.2 Å². The second-order valence-electron chi connectivity index (χ2n) is 7.55. The van der Waals surface area contributed by atoms with Gasteiger partial charge in [-0.25, -0.2) is 0 Å². The smallest absolute Gasteiger partial charge is 0.250 e. The number of hydrogen-bond donors (Lipinski definition) is 3. The van der Waals surface area contributed by atoms with E-state index in [4.69, 9.17) is 5.73 Å². The van der Waals surface area contributed by atoms with Crippen molar-refractivity contribution in [2.24, 2.45) is 17.6 Å². The summed E-state index contributed by atoms with van der Waals surface area (Å²) >= 11 is 0. The Morgan fingerprint density at radius 2 is 2.08 bits per heavy atom. The lowest BCUT2D eigenvalue weighted by Gasteiger charge is -2.35. The Balaban J connectivity index is 1.66. The van der Waals surface area contributed by atoms with E-state index in [-0.39, 0.29) is 0 Å². The Bertz CT molecular complexity index is 849. The molecular weight excluding hydrogens is 310 g/mol. The van der Waals surface area contributed by atoms with Gasteiger partial charge in [-0.2, -0.15) is 0 Å². The second-order valence-corrected chi connectivity index (χ2v) is 7.55. The van der Waals surface area contributed by atoms with E-state index in [0.29, 0.717) is 23.4 Å². The Morgan fingerprint density at radius 3 is 2.84 bits per heavy atom. The van der Waals surface area contributed by atoms with Gasteiger partial charge in [0.05, 0.1) is 5.56 Å². The van der Waals surface area contributed by atoms with Gasteiger partial charge in [0, 0.05) is 28.7 Å². The SMILES string of the molecule is Cc1[nH]c(-c2ccccc2NC2C(C)CC3=CCC2C3)cc1C(N)=O. The topological polar surface area (TPSA) is 70.9 Å². The van der Waals surface area contributed by atoms with E-state index >= 15 is 0 Å². The molecule has 0 spiro atoms. The van der Waals surface area contributed by atoms with Crippen molar-refractivity contribution in [3.63, 3.8) is 0 Å². The van der Waals surface area contributed by atoms with Crippen molar-refractivity contribution >= 4 is 11.6 Å². The Kier molecular flexibility index (Phi) is 3.91. The quantitative estimate of drug-likeness (QED) is 0.731. The third kappa shape index (κ3) is 2.86. The number of aryl methyl sites for hydroxylation is 1. The van der Waals surface area contributed by atoms with E-state index in [9.17, 15) is 4.79 Å². The lowest BCUT2D eigenvalue weighted by molar-refractivity contribution is 0.1000. The first-order valence-electron chi connectivity index (χ1n) is 9.06. The van der Waals surface area contributed by atoms with Gasteiger partial charge in [0.25, 0.3) is 5.91 Å². The number of fused-ring (bicyclic) bond motifs is 2. The predicted molar refractivity (Wildman–Crippen MR) is 101 cm³/mol. The number of primary amides is 1. The highest BCUT2D eigenvalue weighted by molar-refractivity contribution is 5.96. The van der Waals surface area contributed by atoms with Gasteiger partial charge in [-0.1, -0.05) is 36.8 Å². The summed E-state index contributed by atoms with van der Waals surface area (Å²) in [7, 11) is 0. The van der Waals surface area contributed by atoms with E-state index in [1.54, 1.807) is 5.57 Å². The first kappa shape index (κ1) is 16.0. The number of rotatable bonds is 4. The van der Waals surface area contributed by atoms with E-state index in [0.717, 1.165) is 22.6 Å². The number of hydrogen-bond acceptors (Lipinski definition) is 2. The zero-order valence-electron chi connectivity index (χ0n) is 14.8. The lowest BCUT2D eigenvalue weighted by Crippen LogP contribution is -2.37. The average Bonchev–Trinajstić information content (AvgIpc) is 3.16. The summed E-state index contributed by atoms with van der Waals surface area (Å²) in [6.45, 7) is 4.23. The predicted octanol–water partition coefficient (Wildman–Crippen LogP) is 4.25. The summed E-state index contributed by atoms with van der Waals surface area (Å²) in [4.78, 5) is 14.9. The van der Waals surface area contributed by atoms with Gasteiger partial charge in [-0.3, -0.25) is 4.79 Å². The van der Waals surface area contributed by atoms with Crippen molar-refractivity contribution in [3.8, 4) is 11.3 Å². The number of benzene rings is 1. The van der Waals surface area contributed by atoms with E-state index in [1.165, 1.54) is 19.3 Å². The molecule has 4 N–H and O–H groups in total. The lowest BCUT2D eigenvalue weighted by atomic mass is 9.78. The van der Waals surface area contributed by atoms with E-state index in [2.05, 4.69) is 41.5 Å². The summed E-state index contributed by atoms with van der Waals surface area (Å²) < 4.78 is 0. The maximum atomic E-state index is 11.6. The van der Waals surface area contributed by atoms with Gasteiger partial charge < -0.3 is 16.0 Å². The molecule has 130 valence electrons. The van der Waals surface area contributed by atoms with Crippen molar-refractivity contribution in [2.45, 2.75) is 39.2 Å². The zero-order valence-corrected chi connectivity index (χ0v) is 14.8. The third-order valence-electron chi connectivity index (χ3n) is 5.76. The van der Waals surface area contributed by atoms with Crippen LogP contribution in [0.3, 0.4) is 0 Å². The molecule has 0 radical (unpaired) electrons. The number of nitrogens with two attached hydrogens (primary N) is 1. The van der Waals surface area contributed by atoms with Gasteiger partial charge in [0.15, 0.2) is 0 Å². The highest BCUT2D eigenvalue weighted by Crippen LogP contribution is 2.42. The zero-order chi connectivity index (χ0) is 17.6. The van der Waals surface area contributed by atoms with Crippen molar-refractivity contribution in [3.05, 3.63) is 53.2 Å². The minimum Gasteiger partial charge on any atom is -0.381 e. The molecule has 1 saturated carbocycles. The van der Waals surface area contributed by atoms with Gasteiger partial charge in [0.2, 0.25) is 0 Å². The Morgan fingerprint density at radius 1 is 1.28 bits per heavy atom. The maximum absolute atomic E-state index is 11.6. The minimum atomic E-state index is -0.393. The standard InChI is InChI=1S/C21H25N3O/c1-12-9-14-7-8-15(10-14)20(12)24-18-6-4-3-5-16(18)19-11-17(21(22)25)13(2)23-19/h3-7,11-12,15,20,23-24H,8-10H2,1-2H3,(H2,22,25). The fraction of sp³-hybridized carbons (Fsp3) is 0.381. The Hall–Kier alpha value is -2.49. The molecule has 2 aliphatic carbocycles. The van der Waals surface area contributed by atoms with Crippen LogP contribution in [-0.4, -0.2) is 16.9 Å². The second kappa shape index (κ2) is 6.10. The first-order valence-corrected chi connectivity index (χ1v) is 9.06. The number of amides is 1. The molecule has 4 heteroatoms. The highest BCUT2D eigenvalue weighted by Gasteiger charge is 2.35. The number of nitrogens with one attached hydrogen (secondary N) is 2. The molecule has 25 heavy (non-hydrogen) atoms. The van der Waals surface area contributed by atoms with Crippen molar-refractivity contribution in [1.82, 2.24) is 4.98 Å². The normalized spacial score (nSPS) is 24.9. The van der Waals surface area contributed by atoms with Crippen LogP contribution in [0.25, 0.3) is 11.3 Å². The van der Waals surface area contributed by atoms with Crippen molar-refractivity contribution in [1.29, 1.82) is 0 Å². The van der Waals surface area contributed by atoms with Gasteiger partial charge in [-0.15, -0.1) is 0 Å². The molecule has 3 atom stereocenters. The van der Waals surface area contributed by atoms with E-state index < -0.39 is 5.91 Å². The average molecular weight is 335 g/mol. The van der Waals surface area contributed by atoms with Gasteiger partial charge >= 0.3 is 0 Å². The van der Waals surface area contributed by atoms with Crippen LogP contribution in [0.4, 0.5) is 5.69 Å². The molecular formula is C21H25N3O. The summed E-state index contributed by atoms with van der Waals surface area (Å²) in [6, 6.07) is 10.6. The maximum Gasteiger partial charge on any atom is 0.250 e.